The zero-order valence-corrected chi connectivity index (χ0v) is 13.2. The molecule has 3 aliphatic rings. The summed E-state index contributed by atoms with van der Waals surface area (Å²) in [6.07, 6.45) is 2.28. The first-order valence-corrected chi connectivity index (χ1v) is 7.01. The Hall–Kier alpha value is -1.04. The highest BCUT2D eigenvalue weighted by atomic mass is 35.5. The molecule has 4 heterocycles. The Kier molecular flexibility index (Phi) is 4.66. The number of aromatic nitrogens is 1. The number of pyridine rings is 1. The third-order valence-corrected chi connectivity index (χ3v) is 5.00. The van der Waals surface area contributed by atoms with Crippen LogP contribution in [0.3, 0.4) is 0 Å². The van der Waals surface area contributed by atoms with E-state index in [-0.39, 0.29) is 30.7 Å². The highest BCUT2D eigenvalue weighted by molar-refractivity contribution is 5.93. The lowest BCUT2D eigenvalue weighted by molar-refractivity contribution is 0.0704. The molecule has 7 heteroatoms. The van der Waals surface area contributed by atoms with Crippen molar-refractivity contribution in [2.24, 2.45) is 11.8 Å². The third kappa shape index (κ3) is 2.37. The standard InChI is InChI=1S/C14H18N4O.2ClH/c15-13-3-1-2-10(17-13)14(19)18-11-4-5-12(18)9-7-16-6-8(9)11;;/h1-3,8-9,11-12,16H,4-7H2,(H2,15,17);2*1H/t8-,9+,11-,12+;;. The summed E-state index contributed by atoms with van der Waals surface area (Å²) >= 11 is 0. The maximum Gasteiger partial charge on any atom is 0.273 e. The summed E-state index contributed by atoms with van der Waals surface area (Å²) in [6.45, 7) is 2.11. The monoisotopic (exact) mass is 330 g/mol. The molecule has 0 aliphatic carbocycles. The highest BCUT2D eigenvalue weighted by Gasteiger charge is 2.56. The number of hydrogen-bond donors (Lipinski definition) is 2. The minimum Gasteiger partial charge on any atom is -0.384 e. The number of nitrogens with two attached hydrogens (primary N) is 1. The van der Waals surface area contributed by atoms with Gasteiger partial charge in [-0.1, -0.05) is 6.07 Å². The Morgan fingerprint density at radius 1 is 1.19 bits per heavy atom. The number of carbonyl (C=O) groups is 1. The summed E-state index contributed by atoms with van der Waals surface area (Å²) in [6, 6.07) is 6.09. The molecular formula is C14H20Cl2N4O. The van der Waals surface area contributed by atoms with Crippen LogP contribution in [0.5, 0.6) is 0 Å². The molecule has 4 atom stereocenters. The molecule has 3 saturated heterocycles. The zero-order chi connectivity index (χ0) is 13.0. The largest absolute Gasteiger partial charge is 0.384 e. The Bertz CT molecular complexity index is 523. The fraction of sp³-hybridized carbons (Fsp3) is 0.571. The van der Waals surface area contributed by atoms with Crippen LogP contribution >= 0.6 is 24.8 Å². The van der Waals surface area contributed by atoms with Gasteiger partial charge in [0.2, 0.25) is 0 Å². The minimum absolute atomic E-state index is 0. The number of anilines is 1. The molecule has 3 N–H and O–H groups in total. The Morgan fingerprint density at radius 2 is 1.81 bits per heavy atom. The van der Waals surface area contributed by atoms with Gasteiger partial charge in [-0.05, 0) is 36.8 Å². The van der Waals surface area contributed by atoms with Crippen molar-refractivity contribution in [3.8, 4) is 0 Å². The molecule has 4 rings (SSSR count). The molecule has 116 valence electrons. The van der Waals surface area contributed by atoms with Crippen molar-refractivity contribution < 1.29 is 4.79 Å². The Labute approximate surface area is 136 Å². The molecule has 0 unspecified atom stereocenters. The normalized spacial score (nSPS) is 32.3. The molecular weight excluding hydrogens is 311 g/mol. The molecule has 0 spiro atoms. The zero-order valence-electron chi connectivity index (χ0n) is 11.6. The van der Waals surface area contributed by atoms with E-state index in [0.29, 0.717) is 35.4 Å². The topological polar surface area (TPSA) is 71.2 Å². The van der Waals surface area contributed by atoms with Gasteiger partial charge in [-0.2, -0.15) is 0 Å². The number of amides is 1. The molecule has 0 radical (unpaired) electrons. The first-order valence-electron chi connectivity index (χ1n) is 7.01. The Morgan fingerprint density at radius 3 is 2.38 bits per heavy atom. The lowest BCUT2D eigenvalue weighted by atomic mass is 9.82. The number of hydrogen-bond acceptors (Lipinski definition) is 4. The number of nitrogen functional groups attached to an aromatic ring is 1. The van der Waals surface area contributed by atoms with Crippen LogP contribution in [-0.2, 0) is 0 Å². The van der Waals surface area contributed by atoms with Gasteiger partial charge in [0.15, 0.2) is 0 Å². The predicted molar refractivity (Wildman–Crippen MR) is 86.0 cm³/mol. The average molecular weight is 331 g/mol. The van der Waals surface area contributed by atoms with Crippen molar-refractivity contribution in [3.63, 3.8) is 0 Å². The number of halogens is 2. The highest BCUT2D eigenvalue weighted by Crippen LogP contribution is 2.47. The van der Waals surface area contributed by atoms with Crippen LogP contribution in [-0.4, -0.2) is 41.0 Å². The molecule has 3 aliphatic heterocycles. The van der Waals surface area contributed by atoms with Gasteiger partial charge in [0.1, 0.15) is 11.5 Å². The van der Waals surface area contributed by atoms with Gasteiger partial charge < -0.3 is 16.0 Å². The van der Waals surface area contributed by atoms with Gasteiger partial charge >= 0.3 is 0 Å². The quantitative estimate of drug-likeness (QED) is 0.814. The number of fused-ring (bicyclic) bond motifs is 5. The smallest absolute Gasteiger partial charge is 0.273 e. The number of rotatable bonds is 1. The summed E-state index contributed by atoms with van der Waals surface area (Å²) < 4.78 is 0. The van der Waals surface area contributed by atoms with E-state index in [4.69, 9.17) is 5.73 Å². The summed E-state index contributed by atoms with van der Waals surface area (Å²) in [5.41, 5.74) is 6.17. The van der Waals surface area contributed by atoms with E-state index in [1.165, 1.54) is 0 Å². The number of nitrogens with zero attached hydrogens (tertiary/aromatic N) is 2. The summed E-state index contributed by atoms with van der Waals surface area (Å²) in [5.74, 6) is 1.76. The summed E-state index contributed by atoms with van der Waals surface area (Å²) in [7, 11) is 0. The third-order valence-electron chi connectivity index (χ3n) is 5.00. The van der Waals surface area contributed by atoms with Gasteiger partial charge in [-0.25, -0.2) is 4.98 Å². The van der Waals surface area contributed by atoms with E-state index in [0.717, 1.165) is 25.9 Å². The van der Waals surface area contributed by atoms with Crippen LogP contribution in [0.15, 0.2) is 18.2 Å². The van der Waals surface area contributed by atoms with Crippen molar-refractivity contribution in [1.82, 2.24) is 15.2 Å². The van der Waals surface area contributed by atoms with Gasteiger partial charge in [0.05, 0.1) is 0 Å². The van der Waals surface area contributed by atoms with Crippen molar-refractivity contribution in [2.45, 2.75) is 24.9 Å². The number of nitrogens with one attached hydrogen (secondary N) is 1. The lowest BCUT2D eigenvalue weighted by Gasteiger charge is -2.24. The van der Waals surface area contributed by atoms with E-state index in [1.807, 2.05) is 0 Å². The molecule has 21 heavy (non-hydrogen) atoms. The lowest BCUT2D eigenvalue weighted by Crippen LogP contribution is -2.39. The first-order chi connectivity index (χ1) is 9.25. The molecule has 0 aromatic carbocycles. The van der Waals surface area contributed by atoms with E-state index in [2.05, 4.69) is 15.2 Å². The van der Waals surface area contributed by atoms with Crippen molar-refractivity contribution in [1.29, 1.82) is 0 Å². The second-order valence-electron chi connectivity index (χ2n) is 5.86. The van der Waals surface area contributed by atoms with Gasteiger partial charge in [0, 0.05) is 25.2 Å². The summed E-state index contributed by atoms with van der Waals surface area (Å²) in [4.78, 5) is 19.0. The molecule has 5 nitrogen and oxygen atoms in total. The van der Waals surface area contributed by atoms with Gasteiger partial charge in [0.25, 0.3) is 5.91 Å². The first kappa shape index (κ1) is 16.3. The Balaban J connectivity index is 0.000000807. The van der Waals surface area contributed by atoms with Crippen LogP contribution in [0.4, 0.5) is 5.82 Å². The molecule has 1 aromatic rings. The second-order valence-corrected chi connectivity index (χ2v) is 5.86. The van der Waals surface area contributed by atoms with Crippen LogP contribution in [0, 0.1) is 11.8 Å². The second kappa shape index (κ2) is 5.99. The summed E-state index contributed by atoms with van der Waals surface area (Å²) in [5, 5.41) is 3.46. The van der Waals surface area contributed by atoms with E-state index >= 15 is 0 Å². The fourth-order valence-electron chi connectivity index (χ4n) is 4.27. The van der Waals surface area contributed by atoms with Crippen LogP contribution in [0.25, 0.3) is 0 Å². The van der Waals surface area contributed by atoms with Crippen molar-refractivity contribution >= 4 is 36.5 Å². The maximum absolute atomic E-state index is 12.7. The minimum atomic E-state index is 0. The van der Waals surface area contributed by atoms with Crippen LogP contribution < -0.4 is 11.1 Å². The molecule has 1 aromatic heterocycles. The van der Waals surface area contributed by atoms with E-state index in [9.17, 15) is 4.79 Å². The van der Waals surface area contributed by atoms with Gasteiger partial charge in [-0.15, -0.1) is 24.8 Å². The maximum atomic E-state index is 12.7. The van der Waals surface area contributed by atoms with Crippen molar-refractivity contribution in [3.05, 3.63) is 23.9 Å². The molecule has 0 saturated carbocycles. The van der Waals surface area contributed by atoms with E-state index < -0.39 is 0 Å². The predicted octanol–water partition coefficient (Wildman–Crippen LogP) is 1.33. The SMILES string of the molecule is Cl.Cl.Nc1cccc(C(=O)N2[C@@H]3CC[C@H]2[C@H]2CNC[C@H]23)n1. The fourth-order valence-corrected chi connectivity index (χ4v) is 4.27. The van der Waals surface area contributed by atoms with Crippen LogP contribution in [0.2, 0.25) is 0 Å². The number of carbonyl (C=O) groups excluding carboxylic acids is 1. The average Bonchev–Trinajstić information content (AvgIpc) is 3.09. The molecule has 3 fully saturated rings. The molecule has 1 amide bonds. The van der Waals surface area contributed by atoms with Gasteiger partial charge in [-0.3, -0.25) is 4.79 Å². The van der Waals surface area contributed by atoms with Crippen LogP contribution in [0.1, 0.15) is 23.3 Å². The molecule has 2 bridgehead atoms. The van der Waals surface area contributed by atoms with E-state index in [1.54, 1.807) is 18.2 Å². The van der Waals surface area contributed by atoms with Crippen molar-refractivity contribution in [2.75, 3.05) is 18.8 Å².